The second kappa shape index (κ2) is 7.65. The predicted octanol–water partition coefficient (Wildman–Crippen LogP) is 4.10. The molecule has 0 unspecified atom stereocenters. The minimum Gasteiger partial charge on any atom is -0.458 e. The van der Waals surface area contributed by atoms with Gasteiger partial charge < -0.3 is 9.64 Å². The van der Waals surface area contributed by atoms with Crippen LogP contribution < -0.4 is 0 Å². The predicted molar refractivity (Wildman–Crippen MR) is 93.1 cm³/mol. The van der Waals surface area contributed by atoms with Crippen molar-refractivity contribution in [1.29, 1.82) is 0 Å². The summed E-state index contributed by atoms with van der Waals surface area (Å²) < 4.78 is 5.79. The molecule has 23 heavy (non-hydrogen) atoms. The van der Waals surface area contributed by atoms with Crippen LogP contribution in [0.2, 0.25) is 0 Å². The maximum atomic E-state index is 12.5. The van der Waals surface area contributed by atoms with E-state index < -0.39 is 0 Å². The Bertz CT molecular complexity index is 488. The second-order valence-corrected chi connectivity index (χ2v) is 7.67. The number of hydrogen-bond acceptors (Lipinski definition) is 3. The molecule has 0 aromatic heterocycles. The molecular formula is C20H31NO2. The lowest BCUT2D eigenvalue weighted by Crippen LogP contribution is -2.38. The third-order valence-electron chi connectivity index (χ3n) is 5.75. The summed E-state index contributed by atoms with van der Waals surface area (Å²) >= 11 is 0. The molecule has 3 heteroatoms. The van der Waals surface area contributed by atoms with Crippen LogP contribution in [0.25, 0.3) is 0 Å². The monoisotopic (exact) mass is 317 g/mol. The quantitative estimate of drug-likeness (QED) is 0.567. The molecule has 2 saturated heterocycles. The van der Waals surface area contributed by atoms with Gasteiger partial charge in [0, 0.05) is 12.5 Å². The largest absolute Gasteiger partial charge is 0.458 e. The summed E-state index contributed by atoms with van der Waals surface area (Å²) in [6, 6.07) is 0. The number of esters is 1. The number of allylic oxidation sites excluding steroid dienone is 3. The number of piperidine rings is 1. The van der Waals surface area contributed by atoms with E-state index in [4.69, 9.17) is 4.74 Å². The zero-order valence-corrected chi connectivity index (χ0v) is 14.7. The fourth-order valence-corrected chi connectivity index (χ4v) is 4.25. The van der Waals surface area contributed by atoms with E-state index in [1.807, 2.05) is 0 Å². The van der Waals surface area contributed by atoms with Crippen LogP contribution in [0.1, 0.15) is 58.8 Å². The molecule has 0 N–H and O–H groups in total. The zero-order chi connectivity index (χ0) is 16.2. The molecule has 0 spiro atoms. The number of likely N-dealkylation sites (tertiary alicyclic amines) is 1. The van der Waals surface area contributed by atoms with Gasteiger partial charge in [-0.3, -0.25) is 4.79 Å². The van der Waals surface area contributed by atoms with Gasteiger partial charge in [0.25, 0.3) is 0 Å². The van der Waals surface area contributed by atoms with Crippen LogP contribution in [-0.2, 0) is 9.53 Å². The lowest BCUT2D eigenvalue weighted by molar-refractivity contribution is -0.143. The van der Waals surface area contributed by atoms with Crippen molar-refractivity contribution in [2.45, 2.75) is 64.9 Å². The highest BCUT2D eigenvalue weighted by Crippen LogP contribution is 2.36. The van der Waals surface area contributed by atoms with Gasteiger partial charge in [0.05, 0.1) is 5.92 Å². The molecular weight excluding hydrogens is 286 g/mol. The molecule has 128 valence electrons. The smallest absolute Gasteiger partial charge is 0.311 e. The molecule has 0 saturated carbocycles. The second-order valence-electron chi connectivity index (χ2n) is 7.67. The Balaban J connectivity index is 1.73. The van der Waals surface area contributed by atoms with Crippen LogP contribution in [0.4, 0.5) is 0 Å². The summed E-state index contributed by atoms with van der Waals surface area (Å²) in [6.45, 7) is 7.60. The Morgan fingerprint density at radius 3 is 2.65 bits per heavy atom. The molecule has 2 heterocycles. The van der Waals surface area contributed by atoms with Gasteiger partial charge in [-0.25, -0.2) is 0 Å². The van der Waals surface area contributed by atoms with E-state index in [0.717, 1.165) is 45.3 Å². The van der Waals surface area contributed by atoms with Crippen LogP contribution in [0, 0.1) is 11.8 Å². The van der Waals surface area contributed by atoms with Gasteiger partial charge in [0.2, 0.25) is 0 Å². The van der Waals surface area contributed by atoms with Crippen LogP contribution in [0.3, 0.4) is 0 Å². The lowest BCUT2D eigenvalue weighted by atomic mass is 9.84. The van der Waals surface area contributed by atoms with Crippen LogP contribution >= 0.6 is 0 Å². The van der Waals surface area contributed by atoms with Gasteiger partial charge >= 0.3 is 5.97 Å². The minimum absolute atomic E-state index is 0.00379. The third kappa shape index (κ3) is 4.26. The van der Waals surface area contributed by atoms with E-state index >= 15 is 0 Å². The van der Waals surface area contributed by atoms with Crippen LogP contribution in [0.15, 0.2) is 23.3 Å². The number of rotatable bonds is 2. The summed E-state index contributed by atoms with van der Waals surface area (Å²) in [5.74, 6) is 0.450. The van der Waals surface area contributed by atoms with E-state index in [2.05, 4.69) is 30.9 Å². The zero-order valence-electron chi connectivity index (χ0n) is 14.7. The molecule has 3 aliphatic rings. The highest BCUT2D eigenvalue weighted by molar-refractivity contribution is 5.76. The third-order valence-corrected chi connectivity index (χ3v) is 5.75. The van der Waals surface area contributed by atoms with Gasteiger partial charge in [-0.2, -0.15) is 0 Å². The highest BCUT2D eigenvalue weighted by atomic mass is 16.6. The fraction of sp³-hybridized carbons (Fsp3) is 0.750. The Hall–Kier alpha value is -1.09. The van der Waals surface area contributed by atoms with Gasteiger partial charge in [-0.05, 0) is 71.5 Å². The molecule has 1 aliphatic carbocycles. The van der Waals surface area contributed by atoms with Crippen molar-refractivity contribution in [3.8, 4) is 0 Å². The number of fused-ring (bicyclic) bond motifs is 1. The normalized spacial score (nSPS) is 38.0. The first-order valence-electron chi connectivity index (χ1n) is 9.39. The summed E-state index contributed by atoms with van der Waals surface area (Å²) in [4.78, 5) is 15.0. The molecule has 3 atom stereocenters. The molecule has 2 aliphatic heterocycles. The van der Waals surface area contributed by atoms with Crippen LogP contribution in [0.5, 0.6) is 0 Å². The Morgan fingerprint density at radius 2 is 1.87 bits per heavy atom. The Kier molecular flexibility index (Phi) is 5.58. The Morgan fingerprint density at radius 1 is 1.13 bits per heavy atom. The van der Waals surface area contributed by atoms with E-state index in [0.29, 0.717) is 5.92 Å². The molecule has 2 fully saturated rings. The molecule has 3 nitrogen and oxygen atoms in total. The van der Waals surface area contributed by atoms with E-state index in [1.54, 1.807) is 0 Å². The van der Waals surface area contributed by atoms with E-state index in [1.165, 1.54) is 30.4 Å². The molecule has 0 radical (unpaired) electrons. The van der Waals surface area contributed by atoms with Crippen LogP contribution in [-0.4, -0.2) is 36.6 Å². The molecule has 0 bridgehead atoms. The number of nitrogens with zero attached hydrogens (tertiary/aromatic N) is 1. The molecule has 0 amide bonds. The summed E-state index contributed by atoms with van der Waals surface area (Å²) in [5.41, 5.74) is 2.84. The highest BCUT2D eigenvalue weighted by Gasteiger charge is 2.43. The first-order valence-corrected chi connectivity index (χ1v) is 9.39. The molecule has 0 aromatic carbocycles. The average Bonchev–Trinajstić information content (AvgIpc) is 2.82. The van der Waals surface area contributed by atoms with Crippen molar-refractivity contribution in [2.75, 3.05) is 19.6 Å². The number of carbonyl (C=O) groups is 1. The van der Waals surface area contributed by atoms with Crippen molar-refractivity contribution >= 4 is 5.97 Å². The van der Waals surface area contributed by atoms with Crippen molar-refractivity contribution < 1.29 is 9.53 Å². The molecule has 0 aromatic rings. The number of hydrogen-bond donors (Lipinski definition) is 0. The summed E-state index contributed by atoms with van der Waals surface area (Å²) in [6.07, 6.45) is 12.8. The van der Waals surface area contributed by atoms with E-state index in [9.17, 15) is 4.79 Å². The summed E-state index contributed by atoms with van der Waals surface area (Å²) in [5, 5.41) is 0. The minimum atomic E-state index is 0.00379. The van der Waals surface area contributed by atoms with E-state index in [-0.39, 0.29) is 18.0 Å². The first kappa shape index (κ1) is 16.8. The number of carbonyl (C=O) groups excluding carboxylic acids is 1. The lowest BCUT2D eigenvalue weighted by Gasteiger charge is -2.30. The number of ether oxygens (including phenoxy) is 1. The first-order chi connectivity index (χ1) is 11.1. The van der Waals surface area contributed by atoms with Gasteiger partial charge in [0.1, 0.15) is 6.10 Å². The van der Waals surface area contributed by atoms with Gasteiger partial charge in [-0.15, -0.1) is 0 Å². The average molecular weight is 317 g/mol. The van der Waals surface area contributed by atoms with Gasteiger partial charge in [0.15, 0.2) is 0 Å². The standard InChI is InChI=1S/C20H31NO2/c1-15-7-6-8-17-18(14-21-11-4-3-5-12-21)20(22)23-19(17)13-16(2)10-9-15/h7,13,17-19H,3-6,8-12,14H2,1-2H3/b15-7+,16-13+/t17-,18-,19+/m0/s1. The topological polar surface area (TPSA) is 29.5 Å². The van der Waals surface area contributed by atoms with Crippen molar-refractivity contribution in [3.63, 3.8) is 0 Å². The SMILES string of the molecule is C/C1=C\CC[C@H]2[C@H](CN3CCCCC3)C(=O)O[C@@H]2/C=C(\C)CC1. The maximum absolute atomic E-state index is 12.5. The summed E-state index contributed by atoms with van der Waals surface area (Å²) in [7, 11) is 0. The van der Waals surface area contributed by atoms with Gasteiger partial charge in [-0.1, -0.05) is 23.6 Å². The maximum Gasteiger partial charge on any atom is 0.311 e. The van der Waals surface area contributed by atoms with Crippen molar-refractivity contribution in [2.24, 2.45) is 11.8 Å². The molecule has 3 rings (SSSR count). The fourth-order valence-electron chi connectivity index (χ4n) is 4.25. The van der Waals surface area contributed by atoms with Crippen molar-refractivity contribution in [1.82, 2.24) is 4.90 Å². The van der Waals surface area contributed by atoms with Crippen molar-refractivity contribution in [3.05, 3.63) is 23.3 Å². The Labute approximate surface area is 140 Å².